The van der Waals surface area contributed by atoms with Crippen LogP contribution in [0.25, 0.3) is 11.3 Å². The molecule has 1 amide bonds. The number of aryl methyl sites for hydroxylation is 1. The predicted octanol–water partition coefficient (Wildman–Crippen LogP) is 4.03. The molecule has 6 heteroatoms. The maximum absolute atomic E-state index is 13.0. The zero-order chi connectivity index (χ0) is 20.2. The molecule has 1 saturated heterocycles. The lowest BCUT2D eigenvalue weighted by molar-refractivity contribution is -0.133. The van der Waals surface area contributed by atoms with Gasteiger partial charge in [0, 0.05) is 44.8 Å². The second-order valence-corrected chi connectivity index (χ2v) is 8.26. The summed E-state index contributed by atoms with van der Waals surface area (Å²) in [5.41, 5.74) is 4.12. The van der Waals surface area contributed by atoms with Gasteiger partial charge in [-0.3, -0.25) is 4.79 Å². The highest BCUT2D eigenvalue weighted by atomic mass is 16.5. The third kappa shape index (κ3) is 4.64. The van der Waals surface area contributed by atoms with Crippen molar-refractivity contribution in [2.75, 3.05) is 38.3 Å². The highest BCUT2D eigenvalue weighted by Crippen LogP contribution is 2.36. The minimum absolute atomic E-state index is 0.190. The number of ether oxygens (including phenoxy) is 1. The van der Waals surface area contributed by atoms with E-state index in [2.05, 4.69) is 35.2 Å². The van der Waals surface area contributed by atoms with Gasteiger partial charge in [0.15, 0.2) is 0 Å². The number of rotatable bonds is 9. The summed E-state index contributed by atoms with van der Waals surface area (Å²) in [5.74, 6) is 1.28. The van der Waals surface area contributed by atoms with Gasteiger partial charge in [-0.05, 0) is 45.1 Å². The molecule has 0 bridgehead atoms. The van der Waals surface area contributed by atoms with Crippen molar-refractivity contribution >= 4 is 11.8 Å². The first-order valence-electron chi connectivity index (χ1n) is 10.8. The summed E-state index contributed by atoms with van der Waals surface area (Å²) in [6.45, 7) is 5.93. The Morgan fingerprint density at radius 2 is 2.10 bits per heavy atom. The SMILES string of the molecule is COCCCN(Cc1c(-c2cccc(C)c2)noc1N1CCCC1)C(=O)C1CC1. The number of carbonyl (C=O) groups is 1. The van der Waals surface area contributed by atoms with E-state index >= 15 is 0 Å². The van der Waals surface area contributed by atoms with E-state index in [1.165, 1.54) is 18.4 Å². The van der Waals surface area contributed by atoms with E-state index in [0.717, 1.165) is 55.1 Å². The first kappa shape index (κ1) is 20.0. The van der Waals surface area contributed by atoms with Crippen LogP contribution >= 0.6 is 0 Å². The molecule has 1 aromatic carbocycles. The maximum Gasteiger partial charge on any atom is 0.232 e. The number of methoxy groups -OCH3 is 1. The lowest BCUT2D eigenvalue weighted by Crippen LogP contribution is -2.34. The zero-order valence-electron chi connectivity index (χ0n) is 17.5. The molecular weight excluding hydrogens is 366 g/mol. The topological polar surface area (TPSA) is 58.8 Å². The van der Waals surface area contributed by atoms with Gasteiger partial charge < -0.3 is 19.1 Å². The number of hydrogen-bond donors (Lipinski definition) is 0. The molecule has 0 spiro atoms. The smallest absolute Gasteiger partial charge is 0.232 e. The summed E-state index contributed by atoms with van der Waals surface area (Å²) in [4.78, 5) is 17.2. The highest BCUT2D eigenvalue weighted by molar-refractivity contribution is 5.81. The Morgan fingerprint density at radius 1 is 1.31 bits per heavy atom. The van der Waals surface area contributed by atoms with Crippen LogP contribution in [0.1, 0.15) is 43.2 Å². The third-order valence-electron chi connectivity index (χ3n) is 5.82. The summed E-state index contributed by atoms with van der Waals surface area (Å²) < 4.78 is 11.1. The molecule has 0 atom stereocenters. The summed E-state index contributed by atoms with van der Waals surface area (Å²) >= 11 is 0. The molecule has 0 radical (unpaired) electrons. The maximum atomic E-state index is 13.0. The Kier molecular flexibility index (Phi) is 6.19. The summed E-state index contributed by atoms with van der Waals surface area (Å²) in [5, 5.41) is 4.46. The first-order chi connectivity index (χ1) is 14.2. The van der Waals surface area contributed by atoms with Gasteiger partial charge >= 0.3 is 0 Å². The molecule has 2 aromatic rings. The van der Waals surface area contributed by atoms with Crippen molar-refractivity contribution in [3.05, 3.63) is 35.4 Å². The van der Waals surface area contributed by atoms with Crippen LogP contribution in [0.4, 0.5) is 5.88 Å². The number of aromatic nitrogens is 1. The lowest BCUT2D eigenvalue weighted by atomic mass is 10.0. The Labute approximate surface area is 172 Å². The fourth-order valence-corrected chi connectivity index (χ4v) is 4.08. The molecule has 0 N–H and O–H groups in total. The van der Waals surface area contributed by atoms with Crippen LogP contribution in [-0.4, -0.2) is 49.3 Å². The van der Waals surface area contributed by atoms with E-state index in [1.807, 2.05) is 11.0 Å². The summed E-state index contributed by atoms with van der Waals surface area (Å²) in [7, 11) is 1.70. The van der Waals surface area contributed by atoms with Gasteiger partial charge in [0.05, 0.1) is 12.1 Å². The van der Waals surface area contributed by atoms with Crippen molar-refractivity contribution in [1.29, 1.82) is 0 Å². The molecule has 6 nitrogen and oxygen atoms in total. The van der Waals surface area contributed by atoms with Crippen LogP contribution < -0.4 is 4.90 Å². The molecule has 4 rings (SSSR count). The second-order valence-electron chi connectivity index (χ2n) is 8.26. The minimum Gasteiger partial charge on any atom is -0.385 e. The average Bonchev–Trinajstić information content (AvgIpc) is 3.26. The molecular formula is C23H31N3O3. The number of amides is 1. The first-order valence-corrected chi connectivity index (χ1v) is 10.8. The third-order valence-corrected chi connectivity index (χ3v) is 5.82. The molecule has 1 aromatic heterocycles. The Balaban J connectivity index is 1.66. The van der Waals surface area contributed by atoms with Gasteiger partial charge in [-0.2, -0.15) is 0 Å². The van der Waals surface area contributed by atoms with E-state index in [0.29, 0.717) is 19.7 Å². The molecule has 2 heterocycles. The fourth-order valence-electron chi connectivity index (χ4n) is 4.08. The van der Waals surface area contributed by atoms with E-state index in [1.54, 1.807) is 7.11 Å². The van der Waals surface area contributed by atoms with E-state index in [-0.39, 0.29) is 11.8 Å². The van der Waals surface area contributed by atoms with Crippen LogP contribution in [0.2, 0.25) is 0 Å². The predicted molar refractivity (Wildman–Crippen MR) is 113 cm³/mol. The molecule has 29 heavy (non-hydrogen) atoms. The quantitative estimate of drug-likeness (QED) is 0.598. The van der Waals surface area contributed by atoms with E-state index in [9.17, 15) is 4.79 Å². The molecule has 1 aliphatic carbocycles. The van der Waals surface area contributed by atoms with Gasteiger partial charge in [-0.1, -0.05) is 28.9 Å². The highest BCUT2D eigenvalue weighted by Gasteiger charge is 2.35. The zero-order valence-corrected chi connectivity index (χ0v) is 17.5. The number of carbonyl (C=O) groups excluding carboxylic acids is 1. The van der Waals surface area contributed by atoms with Crippen molar-refractivity contribution < 1.29 is 14.1 Å². The second kappa shape index (κ2) is 8.99. The van der Waals surface area contributed by atoms with E-state index < -0.39 is 0 Å². The lowest BCUT2D eigenvalue weighted by Gasteiger charge is -2.24. The van der Waals surface area contributed by atoms with Gasteiger partial charge in [-0.25, -0.2) is 0 Å². The number of anilines is 1. The van der Waals surface area contributed by atoms with Crippen molar-refractivity contribution in [2.45, 2.75) is 45.6 Å². The Hall–Kier alpha value is -2.34. The standard InChI is InChI=1S/C23H31N3O3/c1-17-7-5-8-19(15-17)21-20(23(29-24-21)25-11-3-4-12-25)16-26(13-6-14-28-2)22(27)18-9-10-18/h5,7-8,15,18H,3-4,6,9-14,16H2,1-2H3. The van der Waals surface area contributed by atoms with Crippen molar-refractivity contribution in [2.24, 2.45) is 5.92 Å². The summed E-state index contributed by atoms with van der Waals surface area (Å²) in [6, 6.07) is 8.33. The largest absolute Gasteiger partial charge is 0.385 e. The van der Waals surface area contributed by atoms with Crippen molar-refractivity contribution in [1.82, 2.24) is 10.1 Å². The summed E-state index contributed by atoms with van der Waals surface area (Å²) in [6.07, 6.45) is 5.18. The monoisotopic (exact) mass is 397 g/mol. The van der Waals surface area contributed by atoms with E-state index in [4.69, 9.17) is 9.26 Å². The molecule has 156 valence electrons. The normalized spacial score (nSPS) is 16.4. The number of nitrogens with zero attached hydrogens (tertiary/aromatic N) is 3. The van der Waals surface area contributed by atoms with Crippen molar-refractivity contribution in [3.8, 4) is 11.3 Å². The minimum atomic E-state index is 0.190. The molecule has 0 unspecified atom stereocenters. The Bertz CT molecular complexity index is 838. The van der Waals surface area contributed by atoms with Crippen LogP contribution in [0.15, 0.2) is 28.8 Å². The fraction of sp³-hybridized carbons (Fsp3) is 0.565. The van der Waals surface area contributed by atoms with Crippen LogP contribution in [0.5, 0.6) is 0 Å². The van der Waals surface area contributed by atoms with Crippen LogP contribution in [-0.2, 0) is 16.1 Å². The molecule has 1 aliphatic heterocycles. The molecule has 1 saturated carbocycles. The van der Waals surface area contributed by atoms with Gasteiger partial charge in [-0.15, -0.1) is 0 Å². The van der Waals surface area contributed by atoms with Gasteiger partial charge in [0.1, 0.15) is 5.69 Å². The number of benzene rings is 1. The van der Waals surface area contributed by atoms with Crippen molar-refractivity contribution in [3.63, 3.8) is 0 Å². The average molecular weight is 398 g/mol. The van der Waals surface area contributed by atoms with Gasteiger partial charge in [0.2, 0.25) is 11.8 Å². The Morgan fingerprint density at radius 3 is 2.79 bits per heavy atom. The van der Waals surface area contributed by atoms with Crippen LogP contribution in [0.3, 0.4) is 0 Å². The molecule has 2 fully saturated rings. The number of hydrogen-bond acceptors (Lipinski definition) is 5. The van der Waals surface area contributed by atoms with Crippen LogP contribution in [0, 0.1) is 12.8 Å². The molecule has 2 aliphatic rings. The van der Waals surface area contributed by atoms with Gasteiger partial charge in [0.25, 0.3) is 0 Å².